The van der Waals surface area contributed by atoms with Gasteiger partial charge in [-0.3, -0.25) is 0 Å². The van der Waals surface area contributed by atoms with Crippen LogP contribution in [0.25, 0.3) is 89.0 Å². The zero-order valence-corrected chi connectivity index (χ0v) is 25.9. The van der Waals surface area contributed by atoms with E-state index in [4.69, 9.17) is 8.83 Å². The van der Waals surface area contributed by atoms with E-state index in [0.29, 0.717) is 11.8 Å². The molecule has 0 fully saturated rings. The second-order valence-electron chi connectivity index (χ2n) is 11.8. The highest BCUT2D eigenvalue weighted by Gasteiger charge is 2.19. The molecule has 226 valence electrons. The smallest absolute Gasteiger partial charge is 0.225 e. The van der Waals surface area contributed by atoms with E-state index in [1.54, 1.807) is 24.9 Å². The van der Waals surface area contributed by atoms with Gasteiger partial charge in [0.2, 0.25) is 11.8 Å². The largest absolute Gasteiger partial charge is 0.445 e. The van der Waals surface area contributed by atoms with Crippen molar-refractivity contribution in [2.24, 2.45) is 0 Å². The van der Waals surface area contributed by atoms with Crippen LogP contribution in [0.5, 0.6) is 0 Å². The summed E-state index contributed by atoms with van der Waals surface area (Å²) in [6, 6.07) is 51.8. The standard InChI is InChI=1S/C44H28N2O2/c1-2-8-29(9-3-1)30-16-18-31(19-17-30)32-20-21-39-40(28-32)42(34-11-7-13-36(27-34)44-46-23-25-48-44)38-15-5-4-14-37(38)41(39)33-10-6-12-35(26-33)43-45-22-24-47-43/h1-28H. The molecule has 0 N–H and O–H groups in total. The Hall–Kier alpha value is -6.52. The Morgan fingerprint density at radius 1 is 0.312 bits per heavy atom. The van der Waals surface area contributed by atoms with E-state index in [0.717, 1.165) is 33.4 Å². The summed E-state index contributed by atoms with van der Waals surface area (Å²) >= 11 is 0. The number of hydrogen-bond donors (Lipinski definition) is 0. The normalized spacial score (nSPS) is 11.3. The first-order valence-electron chi connectivity index (χ1n) is 16.0. The van der Waals surface area contributed by atoms with Gasteiger partial charge < -0.3 is 8.83 Å². The van der Waals surface area contributed by atoms with Crippen molar-refractivity contribution in [3.8, 4) is 67.4 Å². The van der Waals surface area contributed by atoms with E-state index in [9.17, 15) is 0 Å². The SMILES string of the molecule is c1ccc(-c2ccc(-c3ccc4c(-c5cccc(-c6ncco6)c5)c5ccccc5c(-c5cccc(-c6ncco6)c5)c4c3)cc2)cc1. The average Bonchev–Trinajstić information content (AvgIpc) is 3.90. The predicted molar refractivity (Wildman–Crippen MR) is 194 cm³/mol. The highest BCUT2D eigenvalue weighted by Crippen LogP contribution is 2.46. The van der Waals surface area contributed by atoms with Crippen molar-refractivity contribution in [2.45, 2.75) is 0 Å². The van der Waals surface area contributed by atoms with E-state index in [2.05, 4.69) is 137 Å². The van der Waals surface area contributed by atoms with Gasteiger partial charge in [0, 0.05) is 11.1 Å². The van der Waals surface area contributed by atoms with Gasteiger partial charge in [0.1, 0.15) is 12.5 Å². The second-order valence-corrected chi connectivity index (χ2v) is 11.8. The molecule has 2 heterocycles. The van der Waals surface area contributed by atoms with Crippen LogP contribution in [-0.2, 0) is 0 Å². The molecular formula is C44H28N2O2. The van der Waals surface area contributed by atoms with Gasteiger partial charge in [-0.15, -0.1) is 0 Å². The van der Waals surface area contributed by atoms with Crippen LogP contribution in [0, 0.1) is 0 Å². The average molecular weight is 617 g/mol. The first-order chi connectivity index (χ1) is 23.8. The molecule has 4 nitrogen and oxygen atoms in total. The van der Waals surface area contributed by atoms with Crippen molar-refractivity contribution in [1.82, 2.24) is 9.97 Å². The Balaban J connectivity index is 1.30. The highest BCUT2D eigenvalue weighted by atomic mass is 16.3. The Labute approximate surface area is 277 Å². The molecule has 0 spiro atoms. The highest BCUT2D eigenvalue weighted by molar-refractivity contribution is 6.22. The first kappa shape index (κ1) is 27.8. The summed E-state index contributed by atoms with van der Waals surface area (Å²) in [7, 11) is 0. The van der Waals surface area contributed by atoms with Crippen molar-refractivity contribution in [1.29, 1.82) is 0 Å². The van der Waals surface area contributed by atoms with E-state index in [1.165, 1.54) is 43.8 Å². The van der Waals surface area contributed by atoms with Gasteiger partial charge in [-0.25, -0.2) is 9.97 Å². The molecule has 9 aromatic rings. The molecule has 0 aliphatic carbocycles. The molecule has 0 amide bonds. The molecule has 0 bridgehead atoms. The number of aromatic nitrogens is 2. The molecule has 48 heavy (non-hydrogen) atoms. The Morgan fingerprint density at radius 3 is 1.31 bits per heavy atom. The summed E-state index contributed by atoms with van der Waals surface area (Å²) in [6.45, 7) is 0. The first-order valence-corrected chi connectivity index (χ1v) is 16.0. The summed E-state index contributed by atoms with van der Waals surface area (Å²) in [4.78, 5) is 8.85. The minimum absolute atomic E-state index is 0.602. The number of hydrogen-bond acceptors (Lipinski definition) is 4. The van der Waals surface area contributed by atoms with Crippen LogP contribution in [0.2, 0.25) is 0 Å². The lowest BCUT2D eigenvalue weighted by Crippen LogP contribution is -1.92. The van der Waals surface area contributed by atoms with Crippen molar-refractivity contribution in [2.75, 3.05) is 0 Å². The Morgan fingerprint density at radius 2 is 0.750 bits per heavy atom. The number of oxazole rings is 2. The molecule has 2 aromatic heterocycles. The molecular weight excluding hydrogens is 588 g/mol. The summed E-state index contributed by atoms with van der Waals surface area (Å²) in [5, 5.41) is 4.67. The van der Waals surface area contributed by atoms with Gasteiger partial charge in [-0.05, 0) is 96.4 Å². The lowest BCUT2D eigenvalue weighted by molar-refractivity contribution is 0.574. The third kappa shape index (κ3) is 4.88. The summed E-state index contributed by atoms with van der Waals surface area (Å²) in [5.74, 6) is 1.20. The summed E-state index contributed by atoms with van der Waals surface area (Å²) in [6.07, 6.45) is 6.59. The molecule has 0 atom stereocenters. The third-order valence-electron chi connectivity index (χ3n) is 9.01. The van der Waals surface area contributed by atoms with E-state index in [-0.39, 0.29) is 0 Å². The minimum atomic E-state index is 0.602. The van der Waals surface area contributed by atoms with E-state index >= 15 is 0 Å². The van der Waals surface area contributed by atoms with E-state index in [1.807, 2.05) is 18.2 Å². The predicted octanol–water partition coefficient (Wildman–Crippen LogP) is 12.0. The van der Waals surface area contributed by atoms with Gasteiger partial charge in [0.05, 0.1) is 12.4 Å². The van der Waals surface area contributed by atoms with Gasteiger partial charge in [-0.2, -0.15) is 0 Å². The van der Waals surface area contributed by atoms with Crippen LogP contribution >= 0.6 is 0 Å². The third-order valence-corrected chi connectivity index (χ3v) is 9.01. The minimum Gasteiger partial charge on any atom is -0.445 e. The maximum atomic E-state index is 5.70. The van der Waals surface area contributed by atoms with Crippen LogP contribution in [-0.4, -0.2) is 9.97 Å². The molecule has 0 saturated carbocycles. The maximum absolute atomic E-state index is 5.70. The van der Waals surface area contributed by atoms with Crippen molar-refractivity contribution >= 4 is 21.5 Å². The lowest BCUT2D eigenvalue weighted by Gasteiger charge is -2.19. The van der Waals surface area contributed by atoms with Crippen molar-refractivity contribution < 1.29 is 8.83 Å². The van der Waals surface area contributed by atoms with Gasteiger partial charge >= 0.3 is 0 Å². The van der Waals surface area contributed by atoms with Crippen LogP contribution < -0.4 is 0 Å². The zero-order chi connectivity index (χ0) is 31.9. The molecule has 9 rings (SSSR count). The van der Waals surface area contributed by atoms with Gasteiger partial charge in [0.15, 0.2) is 0 Å². The molecule has 4 heteroatoms. The molecule has 0 unspecified atom stereocenters. The number of rotatable bonds is 6. The fraction of sp³-hybridized carbons (Fsp3) is 0. The quantitative estimate of drug-likeness (QED) is 0.174. The fourth-order valence-electron chi connectivity index (χ4n) is 6.81. The Kier molecular flexibility index (Phi) is 6.76. The maximum Gasteiger partial charge on any atom is 0.225 e. The van der Waals surface area contributed by atoms with Crippen LogP contribution in [0.1, 0.15) is 0 Å². The van der Waals surface area contributed by atoms with Crippen LogP contribution in [0.3, 0.4) is 0 Å². The van der Waals surface area contributed by atoms with Crippen LogP contribution in [0.4, 0.5) is 0 Å². The second kappa shape index (κ2) is 11.7. The van der Waals surface area contributed by atoms with Crippen LogP contribution in [0.15, 0.2) is 179 Å². The summed E-state index contributed by atoms with van der Waals surface area (Å²) < 4.78 is 11.4. The molecule has 0 saturated heterocycles. The van der Waals surface area contributed by atoms with Gasteiger partial charge in [0.25, 0.3) is 0 Å². The van der Waals surface area contributed by atoms with E-state index < -0.39 is 0 Å². The van der Waals surface area contributed by atoms with Crippen molar-refractivity contribution in [3.63, 3.8) is 0 Å². The lowest BCUT2D eigenvalue weighted by atomic mass is 9.84. The van der Waals surface area contributed by atoms with Crippen molar-refractivity contribution in [3.05, 3.63) is 171 Å². The number of benzene rings is 7. The molecule has 7 aromatic carbocycles. The molecule has 0 aliphatic rings. The van der Waals surface area contributed by atoms with Gasteiger partial charge in [-0.1, -0.05) is 115 Å². The fourth-order valence-corrected chi connectivity index (χ4v) is 6.81. The summed E-state index contributed by atoms with van der Waals surface area (Å²) in [5.41, 5.74) is 11.1. The number of nitrogens with zero attached hydrogens (tertiary/aromatic N) is 2. The zero-order valence-electron chi connectivity index (χ0n) is 25.9. The number of fused-ring (bicyclic) bond motifs is 2. The Bertz CT molecular complexity index is 2530. The molecule has 0 radical (unpaired) electrons. The topological polar surface area (TPSA) is 52.1 Å². The molecule has 0 aliphatic heterocycles. The monoisotopic (exact) mass is 616 g/mol.